The molecule has 0 radical (unpaired) electrons. The number of imidazole rings is 1. The van der Waals surface area contributed by atoms with E-state index in [0.717, 1.165) is 4.52 Å². The number of carbonyl (C=O) groups is 1. The van der Waals surface area contributed by atoms with Crippen molar-refractivity contribution >= 4 is 34.5 Å². The molecule has 0 bridgehead atoms. The summed E-state index contributed by atoms with van der Waals surface area (Å²) in [5.41, 5.74) is -0.0952. The minimum Gasteiger partial charge on any atom is -0.351 e. The summed E-state index contributed by atoms with van der Waals surface area (Å²) < 4.78 is 30.7. The molecule has 150 valence electrons. The van der Waals surface area contributed by atoms with Gasteiger partial charge < -0.3 is 9.88 Å². The summed E-state index contributed by atoms with van der Waals surface area (Å²) in [6.07, 6.45) is 5.88. The van der Waals surface area contributed by atoms with Crippen LogP contribution in [0.3, 0.4) is 0 Å². The molecule has 4 heterocycles. The van der Waals surface area contributed by atoms with Crippen molar-refractivity contribution in [2.45, 2.75) is 18.3 Å². The molecular formula is C18H15ClF2N6OS. The number of nitrogens with one attached hydrogen (secondary N) is 1. The van der Waals surface area contributed by atoms with E-state index in [0.29, 0.717) is 30.1 Å². The highest BCUT2D eigenvalue weighted by Gasteiger charge is 2.33. The molecule has 0 aliphatic carbocycles. The topological polar surface area (TPSA) is 77.1 Å². The van der Waals surface area contributed by atoms with Gasteiger partial charge in [0.2, 0.25) is 0 Å². The van der Waals surface area contributed by atoms with Crippen molar-refractivity contribution in [3.63, 3.8) is 0 Å². The summed E-state index contributed by atoms with van der Waals surface area (Å²) in [7, 11) is 0. The number of hydrogen-bond donors (Lipinski definition) is 1. The molecule has 4 aromatic rings. The molecule has 11 heteroatoms. The maximum Gasteiger partial charge on any atom is 0.364 e. The predicted molar refractivity (Wildman–Crippen MR) is 105 cm³/mol. The van der Waals surface area contributed by atoms with Crippen molar-refractivity contribution in [1.82, 2.24) is 29.5 Å². The lowest BCUT2D eigenvalue weighted by molar-refractivity contribution is 0.0866. The molecular weight excluding hydrogens is 422 g/mol. The van der Waals surface area contributed by atoms with Crippen molar-refractivity contribution in [2.75, 3.05) is 6.54 Å². The highest BCUT2D eigenvalue weighted by Crippen LogP contribution is 2.35. The van der Waals surface area contributed by atoms with Crippen LogP contribution >= 0.6 is 22.9 Å². The highest BCUT2D eigenvalue weighted by atomic mass is 35.5. The van der Waals surface area contributed by atoms with Gasteiger partial charge in [0, 0.05) is 31.5 Å². The lowest BCUT2D eigenvalue weighted by Gasteiger charge is -2.11. The van der Waals surface area contributed by atoms with E-state index in [2.05, 4.69) is 20.4 Å². The third kappa shape index (κ3) is 4.28. The first kappa shape index (κ1) is 19.5. The van der Waals surface area contributed by atoms with Gasteiger partial charge in [-0.3, -0.25) is 4.79 Å². The minimum atomic E-state index is -3.67. The van der Waals surface area contributed by atoms with Crippen LogP contribution in [0.2, 0.25) is 0 Å². The van der Waals surface area contributed by atoms with Crippen LogP contribution in [0.4, 0.5) is 8.78 Å². The first-order valence-corrected chi connectivity index (χ1v) is 9.93. The minimum absolute atomic E-state index is 0.00868. The summed E-state index contributed by atoms with van der Waals surface area (Å²) >= 11 is 6.65. The van der Waals surface area contributed by atoms with E-state index in [9.17, 15) is 13.6 Å². The highest BCUT2D eigenvalue weighted by molar-refractivity contribution is 7.13. The van der Waals surface area contributed by atoms with Gasteiger partial charge in [0.1, 0.15) is 5.69 Å². The monoisotopic (exact) mass is 436 g/mol. The van der Waals surface area contributed by atoms with E-state index in [1.54, 1.807) is 24.7 Å². The van der Waals surface area contributed by atoms with Gasteiger partial charge in [0.15, 0.2) is 11.3 Å². The molecule has 4 aromatic heterocycles. The van der Waals surface area contributed by atoms with Gasteiger partial charge in [-0.25, -0.2) is 14.5 Å². The second-order valence-electron chi connectivity index (χ2n) is 6.21. The number of hydrogen-bond acceptors (Lipinski definition) is 5. The lowest BCUT2D eigenvalue weighted by atomic mass is 10.2. The van der Waals surface area contributed by atoms with Gasteiger partial charge in [0.25, 0.3) is 5.91 Å². The van der Waals surface area contributed by atoms with Gasteiger partial charge in [-0.15, -0.1) is 11.3 Å². The molecule has 4 rings (SSSR count). The molecule has 0 aliphatic heterocycles. The Hall–Kier alpha value is -2.85. The zero-order chi connectivity index (χ0) is 20.4. The molecule has 0 atom stereocenters. The first-order valence-electron chi connectivity index (χ1n) is 8.67. The van der Waals surface area contributed by atoms with Crippen molar-refractivity contribution in [3.8, 4) is 10.6 Å². The Bertz CT molecular complexity index is 1120. The van der Waals surface area contributed by atoms with E-state index in [4.69, 9.17) is 11.6 Å². The van der Waals surface area contributed by atoms with E-state index in [1.165, 1.54) is 23.5 Å². The maximum atomic E-state index is 14.0. The van der Waals surface area contributed by atoms with Crippen molar-refractivity contribution in [1.29, 1.82) is 0 Å². The van der Waals surface area contributed by atoms with Crippen molar-refractivity contribution < 1.29 is 13.6 Å². The van der Waals surface area contributed by atoms with Gasteiger partial charge in [-0.2, -0.15) is 13.9 Å². The number of thiophene rings is 1. The third-order valence-electron chi connectivity index (χ3n) is 4.16. The summed E-state index contributed by atoms with van der Waals surface area (Å²) in [6, 6.07) is 6.12. The number of rotatable bonds is 7. The van der Waals surface area contributed by atoms with Crippen LogP contribution in [0.1, 0.15) is 22.6 Å². The second kappa shape index (κ2) is 7.88. The van der Waals surface area contributed by atoms with Gasteiger partial charge in [-0.1, -0.05) is 6.07 Å². The summed E-state index contributed by atoms with van der Waals surface area (Å²) in [6.45, 7) is 1.09. The predicted octanol–water partition coefficient (Wildman–Crippen LogP) is 3.76. The van der Waals surface area contributed by atoms with E-state index < -0.39 is 17.0 Å². The smallest absolute Gasteiger partial charge is 0.351 e. The number of aromatic nitrogens is 5. The molecule has 0 aromatic carbocycles. The number of carbonyl (C=O) groups excluding carboxylic acids is 1. The Kier molecular flexibility index (Phi) is 5.29. The number of amides is 1. The molecule has 1 N–H and O–H groups in total. The number of fused-ring (bicyclic) bond motifs is 1. The first-order chi connectivity index (χ1) is 13.9. The van der Waals surface area contributed by atoms with Crippen LogP contribution in [-0.2, 0) is 11.9 Å². The average Bonchev–Trinajstić information content (AvgIpc) is 3.44. The van der Waals surface area contributed by atoms with Crippen LogP contribution < -0.4 is 5.32 Å². The maximum absolute atomic E-state index is 14.0. The Balaban J connectivity index is 1.56. The SMILES string of the molecule is O=C(NCCCn1ccnc1)c1cc2nc(-c3cccs3)cc(C(F)(F)Cl)n2n1. The van der Waals surface area contributed by atoms with E-state index in [-0.39, 0.29) is 11.3 Å². The quantitative estimate of drug-likeness (QED) is 0.353. The molecule has 1 amide bonds. The molecule has 7 nitrogen and oxygen atoms in total. The average molecular weight is 437 g/mol. The molecule has 0 unspecified atom stereocenters. The number of nitrogens with zero attached hydrogens (tertiary/aromatic N) is 5. The second-order valence-corrected chi connectivity index (χ2v) is 7.63. The fourth-order valence-corrected chi connectivity index (χ4v) is 3.63. The van der Waals surface area contributed by atoms with E-state index in [1.807, 2.05) is 16.1 Å². The normalized spacial score (nSPS) is 11.8. The van der Waals surface area contributed by atoms with Crippen molar-refractivity contribution in [3.05, 3.63) is 59.8 Å². The number of aryl methyl sites for hydroxylation is 1. The molecule has 0 fully saturated rings. The fraction of sp³-hybridized carbons (Fsp3) is 0.222. The fourth-order valence-electron chi connectivity index (χ4n) is 2.81. The molecule has 0 saturated heterocycles. The molecule has 0 aliphatic rings. The molecule has 29 heavy (non-hydrogen) atoms. The zero-order valence-electron chi connectivity index (χ0n) is 14.9. The summed E-state index contributed by atoms with van der Waals surface area (Å²) in [4.78, 5) is 21.4. The Morgan fingerprint density at radius 2 is 2.21 bits per heavy atom. The van der Waals surface area contributed by atoms with Crippen LogP contribution in [0.15, 0.2) is 48.4 Å². The Labute approximate surface area is 173 Å². The standard InChI is InChI=1S/C18H15ClF2N6OS/c19-18(20,21)15-9-12(14-3-1-8-29-14)24-16-10-13(25-27(15)16)17(28)23-4-2-6-26-7-5-22-11-26/h1,3,5,7-11H,2,4,6H2,(H,23,28). The van der Waals surface area contributed by atoms with E-state index >= 15 is 0 Å². The molecule has 0 saturated carbocycles. The third-order valence-corrected chi connectivity index (χ3v) is 5.25. The number of halogens is 3. The van der Waals surface area contributed by atoms with Gasteiger partial charge >= 0.3 is 5.38 Å². The summed E-state index contributed by atoms with van der Waals surface area (Å²) in [5.74, 6) is -0.470. The number of alkyl halides is 3. The van der Waals surface area contributed by atoms with Gasteiger partial charge in [0.05, 0.1) is 16.9 Å². The Morgan fingerprint density at radius 1 is 1.34 bits per heavy atom. The van der Waals surface area contributed by atoms with Crippen LogP contribution in [-0.4, -0.2) is 36.6 Å². The summed E-state index contributed by atoms with van der Waals surface area (Å²) in [5, 5.41) is 4.87. The lowest BCUT2D eigenvalue weighted by Crippen LogP contribution is -2.25. The van der Waals surface area contributed by atoms with Crippen LogP contribution in [0, 0.1) is 0 Å². The zero-order valence-corrected chi connectivity index (χ0v) is 16.5. The van der Waals surface area contributed by atoms with Crippen LogP contribution in [0.25, 0.3) is 16.2 Å². The largest absolute Gasteiger partial charge is 0.364 e. The van der Waals surface area contributed by atoms with Crippen molar-refractivity contribution in [2.24, 2.45) is 0 Å². The molecule has 0 spiro atoms. The Morgan fingerprint density at radius 3 is 2.90 bits per heavy atom. The van der Waals surface area contributed by atoms with Crippen LogP contribution in [0.5, 0.6) is 0 Å². The van der Waals surface area contributed by atoms with Gasteiger partial charge in [-0.05, 0) is 35.5 Å².